The summed E-state index contributed by atoms with van der Waals surface area (Å²) in [5.41, 5.74) is 0.649. The summed E-state index contributed by atoms with van der Waals surface area (Å²) in [6.45, 7) is 0.144. The number of amides is 1. The highest BCUT2D eigenvalue weighted by atomic mass is 32.1. The Morgan fingerprint density at radius 1 is 1.29 bits per heavy atom. The minimum atomic E-state index is -0.328. The van der Waals surface area contributed by atoms with E-state index in [4.69, 9.17) is 4.52 Å². The lowest BCUT2D eigenvalue weighted by Gasteiger charge is -1.98. The fourth-order valence-corrected chi connectivity index (χ4v) is 2.33. The zero-order chi connectivity index (χ0) is 14.7. The normalized spacial score (nSPS) is 10.5. The van der Waals surface area contributed by atoms with Gasteiger partial charge in [-0.3, -0.25) is 4.79 Å². The predicted molar refractivity (Wildman–Crippen MR) is 75.2 cm³/mol. The third-order valence-electron chi connectivity index (χ3n) is 2.72. The van der Waals surface area contributed by atoms with Crippen LogP contribution in [0.25, 0.3) is 11.4 Å². The largest absolute Gasteiger partial charge is 0.342 e. The molecule has 1 N–H and O–H groups in total. The lowest BCUT2D eigenvalue weighted by molar-refractivity contribution is 0.0950. The summed E-state index contributed by atoms with van der Waals surface area (Å²) in [7, 11) is 0. The quantitative estimate of drug-likeness (QED) is 0.804. The van der Waals surface area contributed by atoms with Gasteiger partial charge >= 0.3 is 0 Å². The summed E-state index contributed by atoms with van der Waals surface area (Å²) in [6.07, 6.45) is 0. The summed E-state index contributed by atoms with van der Waals surface area (Å²) in [4.78, 5) is 16.5. The molecule has 0 saturated carbocycles. The monoisotopic (exact) mass is 303 g/mol. The molecule has 0 fully saturated rings. The number of nitrogens with zero attached hydrogens (tertiary/aromatic N) is 2. The molecule has 3 rings (SSSR count). The van der Waals surface area contributed by atoms with E-state index in [-0.39, 0.29) is 18.3 Å². The van der Waals surface area contributed by atoms with Crippen molar-refractivity contribution in [3.63, 3.8) is 0 Å². The van der Waals surface area contributed by atoms with E-state index < -0.39 is 0 Å². The fourth-order valence-electron chi connectivity index (χ4n) is 1.69. The fraction of sp³-hybridized carbons (Fsp3) is 0.0714. The van der Waals surface area contributed by atoms with Crippen LogP contribution >= 0.6 is 11.3 Å². The molecule has 1 aromatic carbocycles. The van der Waals surface area contributed by atoms with Gasteiger partial charge in [-0.15, -0.1) is 11.3 Å². The Labute approximate surface area is 123 Å². The van der Waals surface area contributed by atoms with Gasteiger partial charge in [0.25, 0.3) is 5.91 Å². The molecule has 0 unspecified atom stereocenters. The van der Waals surface area contributed by atoms with Crippen molar-refractivity contribution in [3.05, 3.63) is 58.4 Å². The third kappa shape index (κ3) is 3.14. The van der Waals surface area contributed by atoms with E-state index >= 15 is 0 Å². The van der Waals surface area contributed by atoms with Crippen LogP contribution in [0.1, 0.15) is 15.6 Å². The van der Waals surface area contributed by atoms with Gasteiger partial charge in [0.2, 0.25) is 11.7 Å². The molecular formula is C14H10FN3O2S. The van der Waals surface area contributed by atoms with Gasteiger partial charge in [0, 0.05) is 5.56 Å². The average Bonchev–Trinajstić information content (AvgIpc) is 3.17. The van der Waals surface area contributed by atoms with E-state index in [0.29, 0.717) is 22.2 Å². The molecule has 0 spiro atoms. The van der Waals surface area contributed by atoms with Gasteiger partial charge in [0.1, 0.15) is 5.82 Å². The second-order valence-electron chi connectivity index (χ2n) is 4.18. The molecule has 0 radical (unpaired) electrons. The lowest BCUT2D eigenvalue weighted by atomic mass is 10.2. The van der Waals surface area contributed by atoms with Gasteiger partial charge in [-0.25, -0.2) is 4.39 Å². The van der Waals surface area contributed by atoms with Crippen molar-refractivity contribution < 1.29 is 13.7 Å². The van der Waals surface area contributed by atoms with Crippen molar-refractivity contribution in [2.75, 3.05) is 0 Å². The molecule has 7 heteroatoms. The van der Waals surface area contributed by atoms with Gasteiger partial charge in [-0.1, -0.05) is 11.2 Å². The topological polar surface area (TPSA) is 68.0 Å². The number of thiophene rings is 1. The molecule has 2 heterocycles. The van der Waals surface area contributed by atoms with Crippen molar-refractivity contribution >= 4 is 17.2 Å². The molecule has 0 aliphatic heterocycles. The number of benzene rings is 1. The second kappa shape index (κ2) is 5.84. The summed E-state index contributed by atoms with van der Waals surface area (Å²) in [5, 5.41) is 8.32. The summed E-state index contributed by atoms with van der Waals surface area (Å²) >= 11 is 1.36. The molecule has 0 bridgehead atoms. The van der Waals surface area contributed by atoms with Crippen LogP contribution in [0, 0.1) is 5.82 Å². The lowest BCUT2D eigenvalue weighted by Crippen LogP contribution is -2.21. The maximum Gasteiger partial charge on any atom is 0.261 e. The number of aromatic nitrogens is 2. The van der Waals surface area contributed by atoms with Crippen LogP contribution in [0.15, 0.2) is 46.3 Å². The van der Waals surface area contributed by atoms with E-state index in [1.54, 1.807) is 24.3 Å². The first-order valence-corrected chi connectivity index (χ1v) is 7.00. The second-order valence-corrected chi connectivity index (χ2v) is 5.13. The predicted octanol–water partition coefficient (Wildman–Crippen LogP) is 2.87. The van der Waals surface area contributed by atoms with Crippen molar-refractivity contribution in [3.8, 4) is 11.4 Å². The highest BCUT2D eigenvalue weighted by molar-refractivity contribution is 7.12. The van der Waals surface area contributed by atoms with E-state index in [2.05, 4.69) is 15.5 Å². The van der Waals surface area contributed by atoms with E-state index in [1.165, 1.54) is 23.5 Å². The number of carbonyl (C=O) groups excluding carboxylic acids is 1. The zero-order valence-corrected chi connectivity index (χ0v) is 11.6. The van der Waals surface area contributed by atoms with Gasteiger partial charge in [-0.2, -0.15) is 4.98 Å². The summed E-state index contributed by atoms with van der Waals surface area (Å²) in [5.74, 6) is 0.131. The van der Waals surface area contributed by atoms with Crippen molar-refractivity contribution in [1.82, 2.24) is 15.5 Å². The number of nitrogens with one attached hydrogen (secondary N) is 1. The molecule has 0 saturated heterocycles. The Bertz CT molecular complexity index is 738. The smallest absolute Gasteiger partial charge is 0.261 e. The van der Waals surface area contributed by atoms with Crippen LogP contribution in [0.2, 0.25) is 0 Å². The zero-order valence-electron chi connectivity index (χ0n) is 10.7. The number of halogens is 1. The first-order chi connectivity index (χ1) is 10.2. The van der Waals surface area contributed by atoms with Crippen LogP contribution in [0.5, 0.6) is 0 Å². The van der Waals surface area contributed by atoms with Gasteiger partial charge in [0.15, 0.2) is 0 Å². The van der Waals surface area contributed by atoms with E-state index in [1.807, 2.05) is 5.38 Å². The molecule has 0 aliphatic rings. The third-order valence-corrected chi connectivity index (χ3v) is 3.58. The molecule has 3 aromatic rings. The first-order valence-electron chi connectivity index (χ1n) is 6.12. The van der Waals surface area contributed by atoms with Gasteiger partial charge in [-0.05, 0) is 35.7 Å². The first kappa shape index (κ1) is 13.4. The van der Waals surface area contributed by atoms with Crippen LogP contribution in [0.3, 0.4) is 0 Å². The Hall–Kier alpha value is -2.54. The molecular weight excluding hydrogens is 293 g/mol. The van der Waals surface area contributed by atoms with Gasteiger partial charge < -0.3 is 9.84 Å². The maximum absolute atomic E-state index is 12.8. The maximum atomic E-state index is 12.8. The molecule has 21 heavy (non-hydrogen) atoms. The van der Waals surface area contributed by atoms with Crippen LogP contribution in [-0.2, 0) is 6.54 Å². The number of carbonyl (C=O) groups is 1. The Morgan fingerprint density at radius 2 is 2.10 bits per heavy atom. The Morgan fingerprint density at radius 3 is 2.81 bits per heavy atom. The minimum absolute atomic E-state index is 0.144. The van der Waals surface area contributed by atoms with E-state index in [0.717, 1.165) is 0 Å². The van der Waals surface area contributed by atoms with Crippen molar-refractivity contribution in [2.24, 2.45) is 0 Å². The highest BCUT2D eigenvalue weighted by Crippen LogP contribution is 2.16. The average molecular weight is 303 g/mol. The van der Waals surface area contributed by atoms with Crippen LogP contribution < -0.4 is 5.32 Å². The molecule has 0 atom stereocenters. The summed E-state index contributed by atoms with van der Waals surface area (Å²) < 4.78 is 17.9. The Balaban J connectivity index is 1.65. The van der Waals surface area contributed by atoms with Crippen molar-refractivity contribution in [1.29, 1.82) is 0 Å². The molecule has 1 amide bonds. The number of hydrogen-bond donors (Lipinski definition) is 1. The highest BCUT2D eigenvalue weighted by Gasteiger charge is 2.11. The number of rotatable bonds is 4. The van der Waals surface area contributed by atoms with Gasteiger partial charge in [0.05, 0.1) is 11.4 Å². The molecule has 106 valence electrons. The molecule has 5 nitrogen and oxygen atoms in total. The van der Waals surface area contributed by atoms with Crippen LogP contribution in [-0.4, -0.2) is 16.0 Å². The summed E-state index contributed by atoms with van der Waals surface area (Å²) in [6, 6.07) is 9.31. The molecule has 0 aliphatic carbocycles. The number of hydrogen-bond acceptors (Lipinski definition) is 5. The standard InChI is InChI=1S/C14H10FN3O2S/c15-10-5-3-9(4-6-10)13-17-12(20-18-13)8-16-14(19)11-2-1-7-21-11/h1-7H,8H2,(H,16,19). The van der Waals surface area contributed by atoms with Crippen molar-refractivity contribution in [2.45, 2.75) is 6.54 Å². The van der Waals surface area contributed by atoms with E-state index in [9.17, 15) is 9.18 Å². The minimum Gasteiger partial charge on any atom is -0.342 e. The SMILES string of the molecule is O=C(NCc1nc(-c2ccc(F)cc2)no1)c1cccs1. The van der Waals surface area contributed by atoms with Crippen LogP contribution in [0.4, 0.5) is 4.39 Å². The molecule has 2 aromatic heterocycles. The Kier molecular flexibility index (Phi) is 3.74.